The molecule has 144 valence electrons. The van der Waals surface area contributed by atoms with E-state index in [-0.39, 0.29) is 5.91 Å². The van der Waals surface area contributed by atoms with Gasteiger partial charge in [0.1, 0.15) is 0 Å². The van der Waals surface area contributed by atoms with Crippen LogP contribution in [0.5, 0.6) is 0 Å². The van der Waals surface area contributed by atoms with Crippen LogP contribution in [0.3, 0.4) is 0 Å². The van der Waals surface area contributed by atoms with Gasteiger partial charge in [0.2, 0.25) is 5.91 Å². The Kier molecular flexibility index (Phi) is 7.83. The quantitative estimate of drug-likeness (QED) is 0.433. The number of carbonyl (C=O) groups is 1. The lowest BCUT2D eigenvalue weighted by molar-refractivity contribution is -0.129. The average Bonchev–Trinajstić information content (AvgIpc) is 3.35. The van der Waals surface area contributed by atoms with Crippen LogP contribution in [0.15, 0.2) is 0 Å². The standard InChI is InChI=1S/C19H33NO3S2/c1-13(5-4-8-19(21)20-22)24-11-15-16(18-10-9-17(15)23-18)12-25-14-6-2-3-7-14/h13-18,22H,2-12H2,1H3,(H,20,21). The average molecular weight is 388 g/mol. The third-order valence-corrected chi connectivity index (χ3v) is 9.03. The maximum atomic E-state index is 11.1. The summed E-state index contributed by atoms with van der Waals surface area (Å²) in [5, 5.41) is 10.0. The summed E-state index contributed by atoms with van der Waals surface area (Å²) in [6.07, 6.45) is 11.5. The van der Waals surface area contributed by atoms with Crippen molar-refractivity contribution in [2.75, 3.05) is 11.5 Å². The maximum absolute atomic E-state index is 11.1. The van der Waals surface area contributed by atoms with E-state index in [1.807, 2.05) is 0 Å². The van der Waals surface area contributed by atoms with Crippen molar-refractivity contribution >= 4 is 29.4 Å². The first kappa shape index (κ1) is 19.8. The molecular formula is C19H33NO3S2. The minimum atomic E-state index is -0.275. The monoisotopic (exact) mass is 387 g/mol. The van der Waals surface area contributed by atoms with Gasteiger partial charge in [-0.1, -0.05) is 19.8 Å². The molecule has 6 heteroatoms. The molecule has 2 bridgehead atoms. The van der Waals surface area contributed by atoms with Crippen LogP contribution >= 0.6 is 23.5 Å². The molecule has 2 N–H and O–H groups in total. The van der Waals surface area contributed by atoms with Crippen LogP contribution in [0.2, 0.25) is 0 Å². The molecule has 2 aliphatic heterocycles. The van der Waals surface area contributed by atoms with E-state index in [9.17, 15) is 4.79 Å². The Morgan fingerprint density at radius 2 is 1.84 bits per heavy atom. The van der Waals surface area contributed by atoms with E-state index in [1.165, 1.54) is 50.0 Å². The molecule has 0 aromatic rings. The summed E-state index contributed by atoms with van der Waals surface area (Å²) in [6.45, 7) is 2.26. The van der Waals surface area contributed by atoms with Gasteiger partial charge in [0.25, 0.3) is 0 Å². The summed E-state index contributed by atoms with van der Waals surface area (Å²) >= 11 is 4.27. The molecule has 5 atom stereocenters. The second kappa shape index (κ2) is 9.86. The zero-order chi connectivity index (χ0) is 17.6. The van der Waals surface area contributed by atoms with E-state index in [1.54, 1.807) is 5.48 Å². The number of amides is 1. The zero-order valence-corrected chi connectivity index (χ0v) is 17.0. The van der Waals surface area contributed by atoms with Crippen molar-refractivity contribution < 1.29 is 14.7 Å². The molecule has 1 amide bonds. The second-order valence-electron chi connectivity index (χ2n) is 7.93. The van der Waals surface area contributed by atoms with Crippen LogP contribution in [0.25, 0.3) is 0 Å². The van der Waals surface area contributed by atoms with Gasteiger partial charge in [-0.25, -0.2) is 5.48 Å². The first-order chi connectivity index (χ1) is 12.2. The number of nitrogens with one attached hydrogen (secondary N) is 1. The van der Waals surface area contributed by atoms with Crippen molar-refractivity contribution in [1.82, 2.24) is 5.48 Å². The van der Waals surface area contributed by atoms with Gasteiger partial charge in [-0.2, -0.15) is 23.5 Å². The second-order valence-corrected chi connectivity index (χ2v) is 10.7. The van der Waals surface area contributed by atoms with Gasteiger partial charge < -0.3 is 4.74 Å². The van der Waals surface area contributed by atoms with Gasteiger partial charge in [0.15, 0.2) is 0 Å². The summed E-state index contributed by atoms with van der Waals surface area (Å²) in [5.74, 6) is 3.69. The highest BCUT2D eigenvalue weighted by Crippen LogP contribution is 2.47. The normalized spacial score (nSPS) is 33.0. The molecule has 2 heterocycles. The molecule has 0 aromatic heterocycles. The van der Waals surface area contributed by atoms with Crippen LogP contribution in [-0.2, 0) is 9.53 Å². The summed E-state index contributed by atoms with van der Waals surface area (Å²) in [5.41, 5.74) is 1.71. The minimum absolute atomic E-state index is 0.275. The van der Waals surface area contributed by atoms with Crippen molar-refractivity contribution in [3.63, 3.8) is 0 Å². The maximum Gasteiger partial charge on any atom is 0.243 e. The third kappa shape index (κ3) is 5.53. The predicted octanol–water partition coefficient (Wildman–Crippen LogP) is 4.25. The molecule has 1 aliphatic carbocycles. The molecule has 3 rings (SSSR count). The molecule has 1 saturated carbocycles. The summed E-state index contributed by atoms with van der Waals surface area (Å²) in [4.78, 5) is 11.1. The smallest absolute Gasteiger partial charge is 0.243 e. The van der Waals surface area contributed by atoms with E-state index >= 15 is 0 Å². The number of ether oxygens (including phenoxy) is 1. The van der Waals surface area contributed by atoms with E-state index in [2.05, 4.69) is 30.4 Å². The molecule has 3 aliphatic rings. The predicted molar refractivity (Wildman–Crippen MR) is 105 cm³/mol. The van der Waals surface area contributed by atoms with Crippen molar-refractivity contribution in [3.8, 4) is 0 Å². The molecule has 0 radical (unpaired) electrons. The molecule has 0 spiro atoms. The minimum Gasteiger partial charge on any atom is -0.374 e. The van der Waals surface area contributed by atoms with E-state index in [0.717, 1.165) is 29.9 Å². The van der Waals surface area contributed by atoms with E-state index in [0.29, 0.717) is 23.9 Å². The lowest BCUT2D eigenvalue weighted by Gasteiger charge is -2.29. The topological polar surface area (TPSA) is 58.6 Å². The fourth-order valence-electron chi connectivity index (χ4n) is 4.60. The lowest BCUT2D eigenvalue weighted by Crippen LogP contribution is -2.31. The van der Waals surface area contributed by atoms with Gasteiger partial charge in [0, 0.05) is 28.8 Å². The highest BCUT2D eigenvalue weighted by Gasteiger charge is 2.48. The molecule has 5 unspecified atom stereocenters. The lowest BCUT2D eigenvalue weighted by atomic mass is 9.81. The van der Waals surface area contributed by atoms with Crippen molar-refractivity contribution in [2.45, 2.75) is 87.4 Å². The number of hydrogen-bond acceptors (Lipinski definition) is 5. The van der Waals surface area contributed by atoms with Crippen LogP contribution in [0, 0.1) is 11.8 Å². The van der Waals surface area contributed by atoms with Crippen LogP contribution in [0.1, 0.15) is 64.7 Å². The Morgan fingerprint density at radius 3 is 2.52 bits per heavy atom. The van der Waals surface area contributed by atoms with Crippen LogP contribution in [-0.4, -0.2) is 45.3 Å². The Morgan fingerprint density at radius 1 is 1.16 bits per heavy atom. The van der Waals surface area contributed by atoms with Gasteiger partial charge in [-0.3, -0.25) is 10.0 Å². The van der Waals surface area contributed by atoms with E-state index < -0.39 is 0 Å². The molecule has 2 saturated heterocycles. The molecule has 0 aromatic carbocycles. The first-order valence-corrected chi connectivity index (χ1v) is 12.1. The van der Waals surface area contributed by atoms with Crippen LogP contribution in [0.4, 0.5) is 0 Å². The summed E-state index contributed by atoms with van der Waals surface area (Å²) in [7, 11) is 0. The van der Waals surface area contributed by atoms with Crippen LogP contribution < -0.4 is 5.48 Å². The Labute approximate surface area is 160 Å². The van der Waals surface area contributed by atoms with Gasteiger partial charge >= 0.3 is 0 Å². The Balaban J connectivity index is 1.39. The van der Waals surface area contributed by atoms with Crippen molar-refractivity contribution in [1.29, 1.82) is 0 Å². The largest absolute Gasteiger partial charge is 0.374 e. The van der Waals surface area contributed by atoms with Gasteiger partial charge in [-0.05, 0) is 50.0 Å². The van der Waals surface area contributed by atoms with Crippen molar-refractivity contribution in [2.24, 2.45) is 11.8 Å². The number of thioether (sulfide) groups is 2. The number of carbonyl (C=O) groups excluding carboxylic acids is 1. The first-order valence-electron chi connectivity index (χ1n) is 9.99. The zero-order valence-electron chi connectivity index (χ0n) is 15.3. The molecule has 4 nitrogen and oxygen atoms in total. The molecular weight excluding hydrogens is 354 g/mol. The third-order valence-electron chi connectivity index (χ3n) is 6.13. The molecule has 25 heavy (non-hydrogen) atoms. The fourth-order valence-corrected chi connectivity index (χ4v) is 7.57. The number of hydrogen-bond donors (Lipinski definition) is 2. The highest BCUT2D eigenvalue weighted by atomic mass is 32.2. The van der Waals surface area contributed by atoms with Gasteiger partial charge in [-0.15, -0.1) is 0 Å². The number of rotatable bonds is 10. The van der Waals surface area contributed by atoms with Gasteiger partial charge in [0.05, 0.1) is 12.2 Å². The Bertz CT molecular complexity index is 431. The molecule has 3 fully saturated rings. The van der Waals surface area contributed by atoms with E-state index in [4.69, 9.17) is 9.94 Å². The Hall–Kier alpha value is 0.0900. The highest BCUT2D eigenvalue weighted by molar-refractivity contribution is 8.00. The SMILES string of the molecule is CC(CCCC(=O)NO)SCC1C2CCC(O2)C1CSC1CCCC1. The summed E-state index contributed by atoms with van der Waals surface area (Å²) < 4.78 is 6.26. The van der Waals surface area contributed by atoms with Crippen molar-refractivity contribution in [3.05, 3.63) is 0 Å². The number of fused-ring (bicyclic) bond motifs is 2. The fraction of sp³-hybridized carbons (Fsp3) is 0.947. The number of hydroxylamine groups is 1. The summed E-state index contributed by atoms with van der Waals surface area (Å²) in [6, 6.07) is 0.